The standard InChI is InChI=1S/C19H18N4O2/c1-13-2-4-14(5-3-13)10-21-18-19-22-11-16(23(19)9-8-20-18)17-7-6-15(12-24)25-17/h2-9,11,24H,10,12H2,1H3,(H,20,21). The Morgan fingerprint density at radius 3 is 2.72 bits per heavy atom. The number of aliphatic hydroxyl groups is 1. The van der Waals surface area contributed by atoms with Crippen molar-refractivity contribution in [2.75, 3.05) is 5.32 Å². The fourth-order valence-electron chi connectivity index (χ4n) is 2.72. The van der Waals surface area contributed by atoms with Crippen LogP contribution in [0.1, 0.15) is 16.9 Å². The molecule has 0 saturated heterocycles. The summed E-state index contributed by atoms with van der Waals surface area (Å²) in [6, 6.07) is 12.0. The molecule has 6 heteroatoms. The molecule has 0 radical (unpaired) electrons. The molecule has 0 aliphatic rings. The number of anilines is 1. The highest BCUT2D eigenvalue weighted by Crippen LogP contribution is 2.25. The van der Waals surface area contributed by atoms with Gasteiger partial charge in [-0.05, 0) is 24.6 Å². The van der Waals surface area contributed by atoms with E-state index in [4.69, 9.17) is 9.52 Å². The maximum atomic E-state index is 9.16. The first-order valence-corrected chi connectivity index (χ1v) is 8.06. The lowest BCUT2D eigenvalue weighted by molar-refractivity contribution is 0.248. The number of nitrogens with zero attached hydrogens (tertiary/aromatic N) is 3. The van der Waals surface area contributed by atoms with Crippen molar-refractivity contribution in [1.82, 2.24) is 14.4 Å². The molecule has 0 aliphatic heterocycles. The van der Waals surface area contributed by atoms with Crippen LogP contribution in [0.2, 0.25) is 0 Å². The average Bonchev–Trinajstić information content (AvgIpc) is 3.27. The highest BCUT2D eigenvalue weighted by molar-refractivity contribution is 5.68. The lowest BCUT2D eigenvalue weighted by atomic mass is 10.1. The molecule has 2 N–H and O–H groups in total. The van der Waals surface area contributed by atoms with Crippen molar-refractivity contribution < 1.29 is 9.52 Å². The van der Waals surface area contributed by atoms with Gasteiger partial charge in [-0.1, -0.05) is 29.8 Å². The van der Waals surface area contributed by atoms with E-state index in [1.807, 2.05) is 16.7 Å². The normalized spacial score (nSPS) is 11.1. The van der Waals surface area contributed by atoms with Crippen LogP contribution in [0.3, 0.4) is 0 Å². The number of hydrogen-bond donors (Lipinski definition) is 2. The fraction of sp³-hybridized carbons (Fsp3) is 0.158. The van der Waals surface area contributed by atoms with Crippen molar-refractivity contribution in [3.63, 3.8) is 0 Å². The summed E-state index contributed by atoms with van der Waals surface area (Å²) in [5, 5.41) is 12.5. The number of fused-ring (bicyclic) bond motifs is 1. The van der Waals surface area contributed by atoms with Gasteiger partial charge < -0.3 is 14.8 Å². The summed E-state index contributed by atoms with van der Waals surface area (Å²) in [5.41, 5.74) is 3.96. The zero-order chi connectivity index (χ0) is 17.2. The predicted molar refractivity (Wildman–Crippen MR) is 95.1 cm³/mol. The van der Waals surface area contributed by atoms with E-state index in [0.717, 1.165) is 11.3 Å². The summed E-state index contributed by atoms with van der Waals surface area (Å²) in [6.45, 7) is 2.62. The Kier molecular flexibility index (Phi) is 3.95. The van der Waals surface area contributed by atoms with Gasteiger partial charge in [-0.3, -0.25) is 4.40 Å². The second-order valence-corrected chi connectivity index (χ2v) is 5.88. The molecule has 0 bridgehead atoms. The minimum atomic E-state index is -0.123. The monoisotopic (exact) mass is 334 g/mol. The molecule has 4 aromatic rings. The van der Waals surface area contributed by atoms with Crippen LogP contribution in [0.5, 0.6) is 0 Å². The van der Waals surface area contributed by atoms with Crippen molar-refractivity contribution in [3.8, 4) is 11.5 Å². The number of aliphatic hydroxyl groups excluding tert-OH is 1. The second-order valence-electron chi connectivity index (χ2n) is 5.88. The largest absolute Gasteiger partial charge is 0.457 e. The molecule has 0 aliphatic carbocycles. The Morgan fingerprint density at radius 2 is 1.96 bits per heavy atom. The molecule has 25 heavy (non-hydrogen) atoms. The third-order valence-corrected chi connectivity index (χ3v) is 4.08. The first-order valence-electron chi connectivity index (χ1n) is 8.06. The Morgan fingerprint density at radius 1 is 1.12 bits per heavy atom. The second kappa shape index (κ2) is 6.41. The molecule has 3 heterocycles. The molecule has 3 aromatic heterocycles. The molecule has 0 spiro atoms. The topological polar surface area (TPSA) is 75.6 Å². The summed E-state index contributed by atoms with van der Waals surface area (Å²) in [7, 11) is 0. The maximum absolute atomic E-state index is 9.16. The van der Waals surface area contributed by atoms with Crippen LogP contribution >= 0.6 is 0 Å². The number of furan rings is 1. The van der Waals surface area contributed by atoms with E-state index in [0.29, 0.717) is 23.9 Å². The minimum absolute atomic E-state index is 0.123. The van der Waals surface area contributed by atoms with E-state index in [1.54, 1.807) is 18.5 Å². The molecule has 0 saturated carbocycles. The van der Waals surface area contributed by atoms with Crippen molar-refractivity contribution in [2.24, 2.45) is 0 Å². The van der Waals surface area contributed by atoms with Crippen LogP contribution in [0.25, 0.3) is 17.1 Å². The number of benzene rings is 1. The van der Waals surface area contributed by atoms with Crippen LogP contribution in [0.15, 0.2) is 59.4 Å². The number of aryl methyl sites for hydroxylation is 1. The van der Waals surface area contributed by atoms with E-state index in [1.165, 1.54) is 11.1 Å². The first kappa shape index (κ1) is 15.4. The molecule has 6 nitrogen and oxygen atoms in total. The van der Waals surface area contributed by atoms with E-state index < -0.39 is 0 Å². The van der Waals surface area contributed by atoms with Crippen molar-refractivity contribution in [1.29, 1.82) is 0 Å². The Balaban J connectivity index is 1.63. The quantitative estimate of drug-likeness (QED) is 0.585. The molecule has 126 valence electrons. The first-order chi connectivity index (χ1) is 12.2. The van der Waals surface area contributed by atoms with Crippen LogP contribution in [-0.2, 0) is 13.2 Å². The summed E-state index contributed by atoms with van der Waals surface area (Å²) in [6.07, 6.45) is 5.31. The highest BCUT2D eigenvalue weighted by atomic mass is 16.4. The van der Waals surface area contributed by atoms with Gasteiger partial charge in [0.25, 0.3) is 0 Å². The third-order valence-electron chi connectivity index (χ3n) is 4.08. The number of hydrogen-bond acceptors (Lipinski definition) is 5. The van der Waals surface area contributed by atoms with Gasteiger partial charge in [0.15, 0.2) is 17.2 Å². The summed E-state index contributed by atoms with van der Waals surface area (Å²) in [4.78, 5) is 8.87. The number of nitrogens with one attached hydrogen (secondary N) is 1. The molecule has 0 atom stereocenters. The van der Waals surface area contributed by atoms with E-state index >= 15 is 0 Å². The van der Waals surface area contributed by atoms with Crippen LogP contribution in [0.4, 0.5) is 5.82 Å². The number of rotatable bonds is 5. The fourth-order valence-corrected chi connectivity index (χ4v) is 2.72. The molecular weight excluding hydrogens is 316 g/mol. The van der Waals surface area contributed by atoms with E-state index in [-0.39, 0.29) is 6.61 Å². The van der Waals surface area contributed by atoms with E-state index in [9.17, 15) is 0 Å². The highest BCUT2D eigenvalue weighted by Gasteiger charge is 2.13. The van der Waals surface area contributed by atoms with Gasteiger partial charge in [-0.25, -0.2) is 9.97 Å². The van der Waals surface area contributed by atoms with Crippen molar-refractivity contribution in [3.05, 3.63) is 71.9 Å². The summed E-state index contributed by atoms with van der Waals surface area (Å²) < 4.78 is 7.54. The molecular formula is C19H18N4O2. The molecule has 0 amide bonds. The Labute approximate surface area is 144 Å². The minimum Gasteiger partial charge on any atom is -0.457 e. The van der Waals surface area contributed by atoms with Crippen molar-refractivity contribution in [2.45, 2.75) is 20.1 Å². The van der Waals surface area contributed by atoms with Gasteiger partial charge in [-0.15, -0.1) is 0 Å². The number of aromatic nitrogens is 3. The summed E-state index contributed by atoms with van der Waals surface area (Å²) >= 11 is 0. The average molecular weight is 334 g/mol. The van der Waals surface area contributed by atoms with Gasteiger partial charge in [0, 0.05) is 18.9 Å². The van der Waals surface area contributed by atoms with Gasteiger partial charge in [-0.2, -0.15) is 0 Å². The zero-order valence-electron chi connectivity index (χ0n) is 13.8. The van der Waals surface area contributed by atoms with Crippen LogP contribution in [0, 0.1) is 6.92 Å². The predicted octanol–water partition coefficient (Wildman–Crippen LogP) is 3.40. The van der Waals surface area contributed by atoms with Crippen LogP contribution in [-0.4, -0.2) is 19.5 Å². The third kappa shape index (κ3) is 2.99. The molecule has 0 unspecified atom stereocenters. The maximum Gasteiger partial charge on any atom is 0.180 e. The van der Waals surface area contributed by atoms with Gasteiger partial charge in [0.05, 0.1) is 6.20 Å². The van der Waals surface area contributed by atoms with Crippen molar-refractivity contribution >= 4 is 11.5 Å². The zero-order valence-corrected chi connectivity index (χ0v) is 13.8. The molecule has 0 fully saturated rings. The molecule has 4 rings (SSSR count). The summed E-state index contributed by atoms with van der Waals surface area (Å²) in [5.74, 6) is 1.90. The Hall–Kier alpha value is -3.12. The SMILES string of the molecule is Cc1ccc(CNc2nccn3c(-c4ccc(CO)o4)cnc23)cc1. The smallest absolute Gasteiger partial charge is 0.180 e. The van der Waals surface area contributed by atoms with Crippen LogP contribution < -0.4 is 5.32 Å². The Bertz CT molecular complexity index is 1000. The van der Waals surface area contributed by atoms with E-state index in [2.05, 4.69) is 46.5 Å². The lowest BCUT2D eigenvalue weighted by Gasteiger charge is -2.07. The van der Waals surface area contributed by atoms with Gasteiger partial charge in [0.2, 0.25) is 0 Å². The van der Waals surface area contributed by atoms with Gasteiger partial charge >= 0.3 is 0 Å². The lowest BCUT2D eigenvalue weighted by Crippen LogP contribution is -2.03. The molecule has 1 aromatic carbocycles. The number of imidazole rings is 1. The van der Waals surface area contributed by atoms with Gasteiger partial charge in [0.1, 0.15) is 18.1 Å².